The van der Waals surface area contributed by atoms with Crippen molar-refractivity contribution in [3.8, 4) is 28.7 Å². The molecule has 15 heteroatoms. The Hall–Kier alpha value is -5.30. The molecule has 5 N–H and O–H groups in total. The van der Waals surface area contributed by atoms with Gasteiger partial charge in [0.15, 0.2) is 0 Å². The van der Waals surface area contributed by atoms with E-state index in [1.165, 1.54) is 38.9 Å². The summed E-state index contributed by atoms with van der Waals surface area (Å²) < 4.78 is 27.8. The second-order valence-corrected chi connectivity index (χ2v) is 18.0. The zero-order valence-electron chi connectivity index (χ0n) is 41.3. The number of benzene rings is 5. The van der Waals surface area contributed by atoms with Gasteiger partial charge < -0.3 is 49.2 Å². The second kappa shape index (κ2) is 29.1. The van der Waals surface area contributed by atoms with Crippen molar-refractivity contribution in [2.24, 2.45) is 0 Å². The summed E-state index contributed by atoms with van der Waals surface area (Å²) >= 11 is 0. The van der Waals surface area contributed by atoms with Gasteiger partial charge in [0, 0.05) is 106 Å². The highest BCUT2D eigenvalue weighted by atomic mass is 16.5. The predicted molar refractivity (Wildman–Crippen MR) is 270 cm³/mol. The molecule has 0 radical (unpaired) electrons. The summed E-state index contributed by atoms with van der Waals surface area (Å²) in [4.78, 5) is 10.7. The van der Waals surface area contributed by atoms with Crippen molar-refractivity contribution in [2.45, 2.75) is 72.4 Å². The van der Waals surface area contributed by atoms with Gasteiger partial charge in [-0.1, -0.05) is 90.0 Å². The van der Waals surface area contributed by atoms with E-state index in [1.54, 1.807) is 0 Å². The third-order valence-electron chi connectivity index (χ3n) is 12.3. The summed E-state index contributed by atoms with van der Waals surface area (Å²) in [5, 5.41) is 44.1. The average Bonchev–Trinajstić information content (AvgIpc) is 3.40. The van der Waals surface area contributed by atoms with Gasteiger partial charge in [-0.15, -0.1) is 0 Å². The fraction of sp³-hybridized carbons (Fsp3) is 0.455. The van der Waals surface area contributed by atoms with Crippen LogP contribution in [0.25, 0.3) is 0 Å². The predicted octanol–water partition coefficient (Wildman–Crippen LogP) is 5.94. The van der Waals surface area contributed by atoms with E-state index >= 15 is 0 Å². The van der Waals surface area contributed by atoms with E-state index in [2.05, 4.69) is 80.8 Å². The molecule has 0 spiro atoms. The van der Waals surface area contributed by atoms with Crippen molar-refractivity contribution < 1.29 is 49.2 Å². The van der Waals surface area contributed by atoms with Crippen molar-refractivity contribution in [2.75, 3.05) is 92.9 Å². The van der Waals surface area contributed by atoms with Crippen molar-refractivity contribution in [1.29, 1.82) is 0 Å². The molecule has 0 fully saturated rings. The Labute approximate surface area is 414 Å². The molecule has 10 rings (SSSR count). The zero-order chi connectivity index (χ0) is 49.5. The molecule has 1 unspecified atom stereocenters. The van der Waals surface area contributed by atoms with Crippen LogP contribution in [-0.2, 0) is 32.7 Å². The van der Waals surface area contributed by atoms with Crippen LogP contribution >= 0.6 is 0 Å². The summed E-state index contributed by atoms with van der Waals surface area (Å²) in [6.07, 6.45) is 1.62. The summed E-state index contributed by atoms with van der Waals surface area (Å²) in [6, 6.07) is 36.8. The molecule has 5 heterocycles. The van der Waals surface area contributed by atoms with Crippen LogP contribution in [0.4, 0.5) is 0 Å². The number of para-hydroxylation sites is 3. The Morgan fingerprint density at radius 3 is 1.13 bits per heavy atom. The number of β-amino-alcohol motifs (C(OH)–C–C–N with tert-alkyl or cyclic N) is 2. The minimum atomic E-state index is 0.156. The van der Waals surface area contributed by atoms with Gasteiger partial charge in [-0.25, -0.2) is 0 Å². The molecule has 70 heavy (non-hydrogen) atoms. The van der Waals surface area contributed by atoms with Crippen molar-refractivity contribution in [3.63, 3.8) is 0 Å². The highest BCUT2D eigenvalue weighted by Gasteiger charge is 2.22. The third kappa shape index (κ3) is 16.9. The number of fused-ring (bicyclic) bond motifs is 5. The van der Waals surface area contributed by atoms with Gasteiger partial charge in [-0.05, 0) is 63.9 Å². The first-order valence-corrected chi connectivity index (χ1v) is 24.4. The minimum absolute atomic E-state index is 0.156. The smallest absolute Gasteiger partial charge is 0.142 e. The van der Waals surface area contributed by atoms with E-state index in [0.29, 0.717) is 46.7 Å². The molecule has 0 bridgehead atoms. The Kier molecular flexibility index (Phi) is 22.5. The number of hydrogen-bond donors (Lipinski definition) is 5. The summed E-state index contributed by atoms with van der Waals surface area (Å²) in [7, 11) is 0. The normalized spacial score (nSPS) is 16.6. The van der Waals surface area contributed by atoms with E-state index in [0.717, 1.165) is 87.4 Å². The van der Waals surface area contributed by atoms with E-state index in [1.807, 2.05) is 73.7 Å². The van der Waals surface area contributed by atoms with Gasteiger partial charge >= 0.3 is 0 Å². The minimum Gasteiger partial charge on any atom is -0.478 e. The number of aryl methyl sites for hydroxylation is 2. The van der Waals surface area contributed by atoms with Crippen LogP contribution in [-0.4, -0.2) is 149 Å². The van der Waals surface area contributed by atoms with Crippen LogP contribution in [0.15, 0.2) is 109 Å². The first-order valence-electron chi connectivity index (χ1n) is 24.4. The molecule has 1 atom stereocenters. The van der Waals surface area contributed by atoms with Crippen LogP contribution in [0, 0.1) is 13.8 Å². The van der Waals surface area contributed by atoms with Crippen LogP contribution in [0.1, 0.15) is 58.7 Å². The molecular formula is C55H75N5O10. The first-order chi connectivity index (χ1) is 34.2. The highest BCUT2D eigenvalue weighted by molar-refractivity contribution is 5.39. The Morgan fingerprint density at radius 2 is 0.743 bits per heavy atom. The SMILES string of the molecule is CC(CO)N1COc2ccccc2C1.Cc1ccc2c(c1)CN(CCCO)CO2.Cc1ccc2c(c1)CN(CCO)CO2.OCCCN1COc2ccccc2C1.OCCN1COc2ccccc2C1. The first kappa shape index (κ1) is 54.0. The molecule has 0 aromatic heterocycles. The van der Waals surface area contributed by atoms with Crippen LogP contribution < -0.4 is 23.7 Å². The zero-order valence-corrected chi connectivity index (χ0v) is 41.3. The van der Waals surface area contributed by atoms with E-state index in [4.69, 9.17) is 49.2 Å². The average molecular weight is 966 g/mol. The van der Waals surface area contributed by atoms with Crippen LogP contribution in [0.2, 0.25) is 0 Å². The standard InChI is InChI=1S/C12H17NO2.3C11H15NO2.C10H13NO2/c1-10-3-4-12-11(7-10)8-13(9-15-12)5-2-6-14;1-9-2-3-11-10(6-9)7-12(4-5-13)8-14-11;1-9(7-13)12-6-10-4-2-3-5-11(10)14-8-12;13-7-3-6-12-8-10-4-1-2-5-11(10)14-9-12;12-6-5-11-7-9-3-1-2-4-10(9)13-8-11/h3-4,7,14H,2,5-6,8-9H2,1H3;2-3,6,13H,4-5,7-8H2,1H3;2-5,9,13H,6-8H2,1H3;1-2,4-5,13H,3,6-9H2;1-4,12H,5-8H2. The summed E-state index contributed by atoms with van der Waals surface area (Å²) in [6.45, 7) is 17.8. The number of aliphatic hydroxyl groups excluding tert-OH is 5. The molecule has 15 nitrogen and oxygen atoms in total. The molecule has 0 aliphatic carbocycles. The van der Waals surface area contributed by atoms with Gasteiger partial charge in [-0.3, -0.25) is 24.5 Å². The molecule has 380 valence electrons. The summed E-state index contributed by atoms with van der Waals surface area (Å²) in [5.74, 6) is 4.91. The molecule has 0 amide bonds. The summed E-state index contributed by atoms with van der Waals surface area (Å²) in [5.41, 5.74) is 8.60. The van der Waals surface area contributed by atoms with Crippen molar-refractivity contribution in [1.82, 2.24) is 24.5 Å². The lowest BCUT2D eigenvalue weighted by atomic mass is 10.1. The molecular weight excluding hydrogens is 891 g/mol. The van der Waals surface area contributed by atoms with Gasteiger partial charge in [0.05, 0.1) is 19.8 Å². The van der Waals surface area contributed by atoms with E-state index in [-0.39, 0.29) is 39.1 Å². The number of ether oxygens (including phenoxy) is 5. The van der Waals surface area contributed by atoms with Crippen LogP contribution in [0.3, 0.4) is 0 Å². The molecule has 0 saturated carbocycles. The fourth-order valence-corrected chi connectivity index (χ4v) is 8.32. The molecule has 5 aromatic carbocycles. The second-order valence-electron chi connectivity index (χ2n) is 18.0. The maximum Gasteiger partial charge on any atom is 0.142 e. The Bertz CT molecular complexity index is 2300. The van der Waals surface area contributed by atoms with Crippen molar-refractivity contribution in [3.05, 3.63) is 148 Å². The molecule has 5 aliphatic heterocycles. The lowest BCUT2D eigenvalue weighted by Gasteiger charge is -2.32. The monoisotopic (exact) mass is 966 g/mol. The Balaban J connectivity index is 0.000000144. The lowest BCUT2D eigenvalue weighted by molar-refractivity contribution is 0.0375. The third-order valence-corrected chi connectivity index (χ3v) is 12.3. The molecule has 5 aliphatic rings. The highest BCUT2D eigenvalue weighted by Crippen LogP contribution is 2.29. The fourth-order valence-electron chi connectivity index (χ4n) is 8.32. The topological polar surface area (TPSA) is 164 Å². The Morgan fingerprint density at radius 1 is 0.400 bits per heavy atom. The number of hydrogen-bond acceptors (Lipinski definition) is 15. The molecule has 0 saturated heterocycles. The van der Waals surface area contributed by atoms with Gasteiger partial charge in [0.25, 0.3) is 0 Å². The quantitative estimate of drug-likeness (QED) is 0.0999. The maximum atomic E-state index is 9.04. The number of aliphatic hydroxyl groups is 5. The van der Waals surface area contributed by atoms with E-state index < -0.39 is 0 Å². The lowest BCUT2D eigenvalue weighted by Crippen LogP contribution is -2.40. The van der Waals surface area contributed by atoms with Crippen LogP contribution in [0.5, 0.6) is 28.7 Å². The molecule has 5 aromatic rings. The van der Waals surface area contributed by atoms with Gasteiger partial charge in [-0.2, -0.15) is 0 Å². The van der Waals surface area contributed by atoms with Crippen molar-refractivity contribution >= 4 is 0 Å². The van der Waals surface area contributed by atoms with Gasteiger partial charge in [0.1, 0.15) is 62.4 Å². The number of nitrogens with zero attached hydrogens (tertiary/aromatic N) is 5. The van der Waals surface area contributed by atoms with E-state index in [9.17, 15) is 0 Å². The number of rotatable bonds is 12. The van der Waals surface area contributed by atoms with Gasteiger partial charge in [0.2, 0.25) is 0 Å². The maximum absolute atomic E-state index is 9.04. The largest absolute Gasteiger partial charge is 0.478 e.